The van der Waals surface area contributed by atoms with Crippen LogP contribution < -0.4 is 15.5 Å². The molecule has 2 saturated heterocycles. The van der Waals surface area contributed by atoms with Crippen molar-refractivity contribution in [1.29, 1.82) is 0 Å². The van der Waals surface area contributed by atoms with Gasteiger partial charge in [0, 0.05) is 12.7 Å². The molecular formula is C12H14N4O. The van der Waals surface area contributed by atoms with Crippen molar-refractivity contribution < 1.29 is 6.17 Å². The summed E-state index contributed by atoms with van der Waals surface area (Å²) in [6.07, 6.45) is 2.35. The first kappa shape index (κ1) is 9.04. The highest BCUT2D eigenvalue weighted by atomic mass is 16.2. The quantitative estimate of drug-likeness (QED) is 0.727. The minimum absolute atomic E-state index is 0.0440. The van der Waals surface area contributed by atoms with Gasteiger partial charge in [-0.25, -0.2) is 4.98 Å². The molecule has 0 saturated carbocycles. The molecule has 0 aromatic carbocycles. The van der Waals surface area contributed by atoms with Crippen molar-refractivity contribution >= 4 is 11.7 Å². The molecule has 1 aromatic rings. The molecule has 3 rings (SSSR count). The number of nitrogens with zero attached hydrogens (tertiary/aromatic N) is 2. The molecule has 1 amide bonds. The largest absolute Gasteiger partial charge is 0.356 e. The summed E-state index contributed by atoms with van der Waals surface area (Å²) in [5, 5.41) is 5.81. The van der Waals surface area contributed by atoms with Gasteiger partial charge in [0.1, 0.15) is 11.4 Å². The third-order valence-corrected chi connectivity index (χ3v) is 3.25. The van der Waals surface area contributed by atoms with Crippen molar-refractivity contribution in [2.45, 2.75) is 12.0 Å². The Balaban J connectivity index is 1.86. The average molecular weight is 232 g/mol. The predicted molar refractivity (Wildman–Crippen MR) is 64.2 cm³/mol. The van der Waals surface area contributed by atoms with Crippen LogP contribution in [0, 0.1) is 0 Å². The van der Waals surface area contributed by atoms with Crippen LogP contribution in [0.5, 0.6) is 0 Å². The van der Waals surface area contributed by atoms with Crippen LogP contribution in [0.3, 0.4) is 0 Å². The summed E-state index contributed by atoms with van der Waals surface area (Å²) >= 11 is 0. The van der Waals surface area contributed by atoms with Crippen LogP contribution in [0.25, 0.3) is 0 Å². The molecule has 0 aliphatic carbocycles. The highest BCUT2D eigenvalue weighted by Gasteiger charge is 2.49. The zero-order chi connectivity index (χ0) is 12.8. The van der Waals surface area contributed by atoms with E-state index < -0.39 is 5.54 Å². The predicted octanol–water partition coefficient (Wildman–Crippen LogP) is 0.221. The van der Waals surface area contributed by atoms with E-state index in [-0.39, 0.29) is 5.91 Å². The second kappa shape index (κ2) is 3.48. The van der Waals surface area contributed by atoms with Crippen LogP contribution in [0.1, 0.15) is 7.79 Å². The molecule has 5 heteroatoms. The molecule has 1 atom stereocenters. The van der Waals surface area contributed by atoms with E-state index in [1.165, 1.54) is 0 Å². The van der Waals surface area contributed by atoms with Crippen LogP contribution in [-0.4, -0.2) is 29.5 Å². The Bertz CT molecular complexity index is 533. The third kappa shape index (κ3) is 1.54. The van der Waals surface area contributed by atoms with Gasteiger partial charge in [-0.2, -0.15) is 0 Å². The van der Waals surface area contributed by atoms with Gasteiger partial charge in [0.15, 0.2) is 0 Å². The summed E-state index contributed by atoms with van der Waals surface area (Å²) in [7, 11) is 0. The standard InChI is InChI=1S/C12H14N4O/c1-9-14-11(17)12(15-9)5-7-16(8-12)10-4-2-3-6-13-10/h2-4,6,15H,1,5,7-8H2,(H,14,17)/i4T. The molecule has 1 spiro atoms. The Kier molecular flexibility index (Phi) is 1.85. The maximum absolute atomic E-state index is 11.9. The molecule has 2 aliphatic rings. The molecule has 1 unspecified atom stereocenters. The van der Waals surface area contributed by atoms with E-state index >= 15 is 0 Å². The summed E-state index contributed by atoms with van der Waals surface area (Å²) in [4.78, 5) is 18.1. The van der Waals surface area contributed by atoms with E-state index in [1.807, 2.05) is 4.90 Å². The fourth-order valence-corrected chi connectivity index (χ4v) is 2.40. The number of nitrogens with one attached hydrogen (secondary N) is 2. The number of pyridine rings is 1. The van der Waals surface area contributed by atoms with Crippen molar-refractivity contribution in [2.75, 3.05) is 18.0 Å². The van der Waals surface area contributed by atoms with Crippen LogP contribution in [0.2, 0.25) is 0 Å². The van der Waals surface area contributed by atoms with E-state index in [9.17, 15) is 4.79 Å². The molecule has 5 nitrogen and oxygen atoms in total. The Labute approximate surface area is 101 Å². The first-order chi connectivity index (χ1) is 8.61. The fraction of sp³-hybridized carbons (Fsp3) is 0.333. The van der Waals surface area contributed by atoms with Crippen molar-refractivity contribution in [3.63, 3.8) is 0 Å². The molecule has 0 radical (unpaired) electrons. The first-order valence-corrected chi connectivity index (χ1v) is 5.56. The van der Waals surface area contributed by atoms with Gasteiger partial charge in [0.25, 0.3) is 5.91 Å². The van der Waals surface area contributed by atoms with E-state index in [0.717, 1.165) is 0 Å². The van der Waals surface area contributed by atoms with Crippen LogP contribution in [0.15, 0.2) is 36.8 Å². The number of aromatic nitrogens is 1. The lowest BCUT2D eigenvalue weighted by Crippen LogP contribution is -2.48. The number of carbonyl (C=O) groups excluding carboxylic acids is 1. The Morgan fingerprint density at radius 3 is 3.18 bits per heavy atom. The molecule has 2 fully saturated rings. The smallest absolute Gasteiger partial charge is 0.253 e. The lowest BCUT2D eigenvalue weighted by molar-refractivity contribution is -0.123. The van der Waals surface area contributed by atoms with Gasteiger partial charge in [0.05, 0.1) is 13.7 Å². The summed E-state index contributed by atoms with van der Waals surface area (Å²) in [6, 6.07) is 3.82. The Morgan fingerprint density at radius 2 is 2.47 bits per heavy atom. The molecular weight excluding hydrogens is 216 g/mol. The first-order valence-electron chi connectivity index (χ1n) is 6.06. The molecule has 3 heterocycles. The van der Waals surface area contributed by atoms with Crippen molar-refractivity contribution in [1.82, 2.24) is 15.6 Å². The monoisotopic (exact) mass is 232 g/mol. The molecule has 17 heavy (non-hydrogen) atoms. The minimum atomic E-state index is -0.610. The van der Waals surface area contributed by atoms with Crippen LogP contribution in [-0.2, 0) is 4.79 Å². The number of rotatable bonds is 1. The van der Waals surface area contributed by atoms with Crippen molar-refractivity contribution in [3.8, 4) is 0 Å². The van der Waals surface area contributed by atoms with Gasteiger partial charge in [-0.3, -0.25) is 4.79 Å². The lowest BCUT2D eigenvalue weighted by Gasteiger charge is -2.22. The minimum Gasteiger partial charge on any atom is -0.356 e. The number of carbonyl (C=O) groups is 1. The Morgan fingerprint density at radius 1 is 1.59 bits per heavy atom. The zero-order valence-electron chi connectivity index (χ0n) is 10.4. The fourth-order valence-electron chi connectivity index (χ4n) is 2.40. The summed E-state index contributed by atoms with van der Waals surface area (Å²) < 4.78 is 7.84. The zero-order valence-corrected chi connectivity index (χ0v) is 9.36. The molecule has 0 bridgehead atoms. The summed E-state index contributed by atoms with van der Waals surface area (Å²) in [5.41, 5.74) is -0.610. The van der Waals surface area contributed by atoms with E-state index in [2.05, 4.69) is 22.2 Å². The number of anilines is 1. The van der Waals surface area contributed by atoms with Gasteiger partial charge in [-0.05, 0) is 18.5 Å². The second-order valence-corrected chi connectivity index (χ2v) is 4.42. The SMILES string of the molecule is [3H]c1cccnc1N1CCC2(C1)NC(=C)NC2=O. The normalized spacial score (nSPS) is 28.2. The van der Waals surface area contributed by atoms with Gasteiger partial charge >= 0.3 is 0 Å². The second-order valence-electron chi connectivity index (χ2n) is 4.42. The average Bonchev–Trinajstić information content (AvgIpc) is 2.85. The molecule has 1 aromatic heterocycles. The number of hydrogen-bond acceptors (Lipinski definition) is 4. The van der Waals surface area contributed by atoms with E-state index in [4.69, 9.17) is 1.37 Å². The number of hydrogen-bond donors (Lipinski definition) is 2. The maximum Gasteiger partial charge on any atom is 0.253 e. The highest BCUT2D eigenvalue weighted by molar-refractivity contribution is 5.92. The highest BCUT2D eigenvalue weighted by Crippen LogP contribution is 2.28. The van der Waals surface area contributed by atoms with Crippen molar-refractivity contribution in [3.05, 3.63) is 36.8 Å². The molecule has 88 valence electrons. The Hall–Kier alpha value is -2.04. The van der Waals surface area contributed by atoms with Gasteiger partial charge < -0.3 is 15.5 Å². The van der Waals surface area contributed by atoms with E-state index in [1.54, 1.807) is 18.3 Å². The van der Waals surface area contributed by atoms with Gasteiger partial charge in [-0.15, -0.1) is 0 Å². The maximum atomic E-state index is 11.9. The van der Waals surface area contributed by atoms with Gasteiger partial charge in [0.2, 0.25) is 0 Å². The van der Waals surface area contributed by atoms with E-state index in [0.29, 0.717) is 37.2 Å². The summed E-state index contributed by atoms with van der Waals surface area (Å²) in [6.45, 7) is 4.94. The van der Waals surface area contributed by atoms with Gasteiger partial charge in [-0.1, -0.05) is 12.6 Å². The topological polar surface area (TPSA) is 57.3 Å². The third-order valence-electron chi connectivity index (χ3n) is 3.25. The summed E-state index contributed by atoms with van der Waals surface area (Å²) in [5.74, 6) is 1.13. The lowest BCUT2D eigenvalue weighted by atomic mass is 9.99. The van der Waals surface area contributed by atoms with Crippen molar-refractivity contribution in [2.24, 2.45) is 0 Å². The number of amides is 1. The molecule has 2 aliphatic heterocycles. The van der Waals surface area contributed by atoms with Crippen LogP contribution in [0.4, 0.5) is 5.82 Å². The molecule has 2 N–H and O–H groups in total. The van der Waals surface area contributed by atoms with Crippen LogP contribution >= 0.6 is 0 Å².